The number of hydrogen-bond donors (Lipinski definition) is 1. The lowest BCUT2D eigenvalue weighted by Crippen LogP contribution is -2.44. The van der Waals surface area contributed by atoms with Crippen LogP contribution in [0, 0.1) is 0 Å². The minimum Gasteiger partial charge on any atom is -0.444 e. The molecule has 1 heterocycles. The van der Waals surface area contributed by atoms with Crippen LogP contribution in [-0.2, 0) is 25.6 Å². The van der Waals surface area contributed by atoms with Crippen molar-refractivity contribution in [2.75, 3.05) is 29.6 Å². The maximum atomic E-state index is 13.2. The summed E-state index contributed by atoms with van der Waals surface area (Å²) in [5, 5.41) is 3.22. The third-order valence-corrected chi connectivity index (χ3v) is 6.77. The standard InChI is InChI=1S/C27H36ClN3O6S/c1-6-24(37-38(5,34)35)31(26(33)36-27(2,3)4)18-19-11-7-8-12-23(19)29-25(32)21-14-13-20(17-22(21)28)30-15-9-10-16-30/h7-8,11-14,17,24H,6,9-10,15-16,18H2,1-5H3,(H,29,32). The van der Waals surface area contributed by atoms with E-state index in [1.807, 2.05) is 6.07 Å². The molecule has 1 aliphatic heterocycles. The molecule has 2 amide bonds. The average molecular weight is 566 g/mol. The molecule has 0 radical (unpaired) electrons. The van der Waals surface area contributed by atoms with Crippen molar-refractivity contribution in [3.05, 3.63) is 58.6 Å². The third-order valence-electron chi connectivity index (χ3n) is 5.89. The molecule has 1 saturated heterocycles. The van der Waals surface area contributed by atoms with Gasteiger partial charge in [0.1, 0.15) is 5.60 Å². The van der Waals surface area contributed by atoms with E-state index in [2.05, 4.69) is 10.2 Å². The van der Waals surface area contributed by atoms with Crippen LogP contribution in [0.5, 0.6) is 0 Å². The van der Waals surface area contributed by atoms with Crippen LogP contribution < -0.4 is 10.2 Å². The molecule has 2 aromatic carbocycles. The van der Waals surface area contributed by atoms with Crippen LogP contribution in [0.25, 0.3) is 0 Å². The lowest BCUT2D eigenvalue weighted by Gasteiger charge is -2.32. The van der Waals surface area contributed by atoms with E-state index in [1.54, 1.807) is 64.1 Å². The zero-order valence-corrected chi connectivity index (χ0v) is 24.1. The quantitative estimate of drug-likeness (QED) is 0.310. The van der Waals surface area contributed by atoms with Crippen molar-refractivity contribution in [3.63, 3.8) is 0 Å². The molecule has 3 rings (SSSR count). The van der Waals surface area contributed by atoms with Crippen molar-refractivity contribution < 1.29 is 26.9 Å². The Balaban J connectivity index is 1.86. The molecule has 2 aromatic rings. The first-order chi connectivity index (χ1) is 17.8. The lowest BCUT2D eigenvalue weighted by molar-refractivity contribution is -0.0224. The molecule has 0 aliphatic carbocycles. The Morgan fingerprint density at radius 2 is 1.79 bits per heavy atom. The summed E-state index contributed by atoms with van der Waals surface area (Å²) < 4.78 is 34.5. The molecule has 1 atom stereocenters. The van der Waals surface area contributed by atoms with E-state index in [-0.39, 0.29) is 13.0 Å². The van der Waals surface area contributed by atoms with Gasteiger partial charge >= 0.3 is 6.09 Å². The Kier molecular flexibility index (Phi) is 9.67. The zero-order chi connectivity index (χ0) is 28.1. The number of amides is 2. The van der Waals surface area contributed by atoms with E-state index >= 15 is 0 Å². The number of hydrogen-bond acceptors (Lipinski definition) is 7. The van der Waals surface area contributed by atoms with E-state index in [1.165, 1.54) is 4.90 Å². The molecular weight excluding hydrogens is 530 g/mol. The number of nitrogens with zero attached hydrogens (tertiary/aromatic N) is 2. The van der Waals surface area contributed by atoms with E-state index in [0.29, 0.717) is 21.8 Å². The van der Waals surface area contributed by atoms with Crippen molar-refractivity contribution in [3.8, 4) is 0 Å². The summed E-state index contributed by atoms with van der Waals surface area (Å²) in [5.41, 5.74) is 1.49. The SMILES string of the molecule is CCC(OS(C)(=O)=O)N(Cc1ccccc1NC(=O)c1ccc(N2CCCC2)cc1Cl)C(=O)OC(C)(C)C. The minimum absolute atomic E-state index is 0.0684. The van der Waals surface area contributed by atoms with Crippen molar-refractivity contribution >= 4 is 45.1 Å². The second-order valence-electron chi connectivity index (χ2n) is 10.2. The van der Waals surface area contributed by atoms with Crippen LogP contribution in [0.4, 0.5) is 16.2 Å². The van der Waals surface area contributed by atoms with Crippen LogP contribution in [0.1, 0.15) is 62.9 Å². The van der Waals surface area contributed by atoms with Crippen molar-refractivity contribution in [1.29, 1.82) is 0 Å². The van der Waals surface area contributed by atoms with Gasteiger partial charge in [0.15, 0.2) is 6.23 Å². The molecule has 208 valence electrons. The fraction of sp³-hybridized carbons (Fsp3) is 0.481. The van der Waals surface area contributed by atoms with Crippen LogP contribution in [-0.4, -0.2) is 56.5 Å². The third kappa shape index (κ3) is 8.34. The highest BCUT2D eigenvalue weighted by Crippen LogP contribution is 2.28. The van der Waals surface area contributed by atoms with Crippen LogP contribution in [0.3, 0.4) is 0 Å². The Morgan fingerprint density at radius 1 is 1.13 bits per heavy atom. The molecule has 1 aliphatic rings. The van der Waals surface area contributed by atoms with Gasteiger partial charge in [-0.05, 0) is 69.9 Å². The van der Waals surface area contributed by atoms with Gasteiger partial charge in [-0.25, -0.2) is 8.98 Å². The number of rotatable bonds is 9. The molecule has 9 nitrogen and oxygen atoms in total. The number of halogens is 1. The molecule has 0 aromatic heterocycles. The van der Waals surface area contributed by atoms with Crippen LogP contribution in [0.15, 0.2) is 42.5 Å². The highest BCUT2D eigenvalue weighted by atomic mass is 35.5. The van der Waals surface area contributed by atoms with Gasteiger partial charge in [0.2, 0.25) is 0 Å². The summed E-state index contributed by atoms with van der Waals surface area (Å²) in [6, 6.07) is 12.3. The van der Waals surface area contributed by atoms with Crippen LogP contribution in [0.2, 0.25) is 5.02 Å². The van der Waals surface area contributed by atoms with Gasteiger partial charge in [-0.3, -0.25) is 9.69 Å². The molecule has 1 fully saturated rings. The molecule has 11 heteroatoms. The fourth-order valence-corrected chi connectivity index (χ4v) is 5.06. The number of benzene rings is 2. The number of anilines is 2. The van der Waals surface area contributed by atoms with E-state index < -0.39 is 33.9 Å². The van der Waals surface area contributed by atoms with Crippen molar-refractivity contribution in [2.24, 2.45) is 0 Å². The Morgan fingerprint density at radius 3 is 2.37 bits per heavy atom. The summed E-state index contributed by atoms with van der Waals surface area (Å²) in [5.74, 6) is -0.404. The molecular formula is C27H36ClN3O6S. The second kappa shape index (κ2) is 12.4. The summed E-state index contributed by atoms with van der Waals surface area (Å²) >= 11 is 6.49. The van der Waals surface area contributed by atoms with Gasteiger partial charge < -0.3 is 15.0 Å². The topological polar surface area (TPSA) is 105 Å². The van der Waals surface area contributed by atoms with E-state index in [0.717, 1.165) is 37.9 Å². The molecule has 0 bridgehead atoms. The Hall–Kier alpha value is -2.82. The fourth-order valence-electron chi connectivity index (χ4n) is 4.16. The summed E-state index contributed by atoms with van der Waals surface area (Å²) in [6.07, 6.45) is 1.54. The number of nitrogens with one attached hydrogen (secondary N) is 1. The van der Waals surface area contributed by atoms with Crippen molar-refractivity contribution in [1.82, 2.24) is 4.90 Å². The van der Waals surface area contributed by atoms with Gasteiger partial charge in [0, 0.05) is 24.5 Å². The van der Waals surface area contributed by atoms with Gasteiger partial charge in [-0.15, -0.1) is 0 Å². The van der Waals surface area contributed by atoms with E-state index in [4.69, 9.17) is 20.5 Å². The second-order valence-corrected chi connectivity index (χ2v) is 12.2. The van der Waals surface area contributed by atoms with Crippen molar-refractivity contribution in [2.45, 2.75) is 65.3 Å². The summed E-state index contributed by atoms with van der Waals surface area (Å²) in [4.78, 5) is 29.7. The smallest absolute Gasteiger partial charge is 0.412 e. The number of para-hydroxylation sites is 1. The number of ether oxygens (including phenoxy) is 1. The Labute approximate surface area is 230 Å². The van der Waals surface area contributed by atoms with Gasteiger partial charge in [-0.2, -0.15) is 8.42 Å². The molecule has 38 heavy (non-hydrogen) atoms. The highest BCUT2D eigenvalue weighted by molar-refractivity contribution is 7.86. The van der Waals surface area contributed by atoms with Crippen LogP contribution >= 0.6 is 11.6 Å². The minimum atomic E-state index is -3.87. The predicted octanol–water partition coefficient (Wildman–Crippen LogP) is 5.64. The van der Waals surface area contributed by atoms with Gasteiger partial charge in [0.25, 0.3) is 16.0 Å². The zero-order valence-electron chi connectivity index (χ0n) is 22.5. The maximum absolute atomic E-state index is 13.2. The molecule has 0 spiro atoms. The van der Waals surface area contributed by atoms with Gasteiger partial charge in [0.05, 0.1) is 23.4 Å². The normalized spacial score (nSPS) is 14.7. The summed E-state index contributed by atoms with van der Waals surface area (Å²) in [7, 11) is -3.87. The monoisotopic (exact) mass is 565 g/mol. The summed E-state index contributed by atoms with van der Waals surface area (Å²) in [6.45, 7) is 8.71. The highest BCUT2D eigenvalue weighted by Gasteiger charge is 2.31. The number of carbonyl (C=O) groups is 2. The van der Waals surface area contributed by atoms with E-state index in [9.17, 15) is 18.0 Å². The molecule has 1 N–H and O–H groups in total. The Bertz CT molecular complexity index is 1260. The molecule has 1 unspecified atom stereocenters. The number of carbonyl (C=O) groups excluding carboxylic acids is 2. The predicted molar refractivity (Wildman–Crippen MR) is 149 cm³/mol. The maximum Gasteiger partial charge on any atom is 0.412 e. The first-order valence-corrected chi connectivity index (χ1v) is 14.8. The van der Waals surface area contributed by atoms with Gasteiger partial charge in [-0.1, -0.05) is 36.7 Å². The first kappa shape index (κ1) is 29.7. The largest absolute Gasteiger partial charge is 0.444 e. The first-order valence-electron chi connectivity index (χ1n) is 12.6. The average Bonchev–Trinajstić information content (AvgIpc) is 3.35. The molecule has 0 saturated carbocycles. The lowest BCUT2D eigenvalue weighted by atomic mass is 10.1.